The van der Waals surface area contributed by atoms with Crippen LogP contribution in [0, 0.1) is 0 Å². The van der Waals surface area contributed by atoms with Crippen LogP contribution >= 0.6 is 11.6 Å². The molecule has 0 radical (unpaired) electrons. The third-order valence-electron chi connectivity index (χ3n) is 3.00. The summed E-state index contributed by atoms with van der Waals surface area (Å²) in [5.41, 5.74) is 0.797. The third-order valence-corrected chi connectivity index (χ3v) is 3.30. The Hall–Kier alpha value is -1.07. The van der Waals surface area contributed by atoms with Crippen LogP contribution in [-0.4, -0.2) is 25.4 Å². The molecule has 1 aromatic carbocycles. The Kier molecular flexibility index (Phi) is 4.82. The molecule has 0 spiro atoms. The van der Waals surface area contributed by atoms with Gasteiger partial charge in [0, 0.05) is 18.3 Å². The lowest BCUT2D eigenvalue weighted by molar-refractivity contribution is -0.0497. The van der Waals surface area contributed by atoms with Gasteiger partial charge in [-0.2, -0.15) is 8.78 Å². The van der Waals surface area contributed by atoms with Gasteiger partial charge in [0.1, 0.15) is 5.75 Å². The van der Waals surface area contributed by atoms with E-state index in [1.165, 1.54) is 6.07 Å². The van der Waals surface area contributed by atoms with Gasteiger partial charge >= 0.3 is 6.61 Å². The molecule has 0 aliphatic carbocycles. The lowest BCUT2D eigenvalue weighted by Crippen LogP contribution is -2.32. The molecule has 1 aliphatic heterocycles. The van der Waals surface area contributed by atoms with Crippen LogP contribution in [0.1, 0.15) is 19.8 Å². The molecule has 106 valence electrons. The summed E-state index contributed by atoms with van der Waals surface area (Å²) in [6.45, 7) is -0.118. The predicted octanol–water partition coefficient (Wildman–Crippen LogP) is 3.92. The Bertz CT molecular complexity index is 431. The molecule has 1 fully saturated rings. The zero-order chi connectivity index (χ0) is 13.8. The highest BCUT2D eigenvalue weighted by atomic mass is 35.5. The van der Waals surface area contributed by atoms with Gasteiger partial charge in [-0.3, -0.25) is 0 Å². The van der Waals surface area contributed by atoms with E-state index < -0.39 is 6.61 Å². The lowest BCUT2D eigenvalue weighted by atomic mass is 10.0. The van der Waals surface area contributed by atoms with Gasteiger partial charge in [-0.15, -0.1) is 0 Å². The second-order valence-electron chi connectivity index (χ2n) is 4.57. The summed E-state index contributed by atoms with van der Waals surface area (Å²) < 4.78 is 34.0. The van der Waals surface area contributed by atoms with E-state index in [0.29, 0.717) is 6.04 Å². The summed E-state index contributed by atoms with van der Waals surface area (Å²) in [6.07, 6.45) is 2.05. The first-order chi connectivity index (χ1) is 9.04. The molecule has 1 N–H and O–H groups in total. The fraction of sp³-hybridized carbons (Fsp3) is 0.538. The molecular formula is C13H16ClF2NO2. The Labute approximate surface area is 115 Å². The number of benzene rings is 1. The molecule has 2 rings (SSSR count). The molecule has 1 aromatic rings. The summed E-state index contributed by atoms with van der Waals surface area (Å²) in [7, 11) is 0. The van der Waals surface area contributed by atoms with Gasteiger partial charge < -0.3 is 14.8 Å². The Morgan fingerprint density at radius 3 is 2.89 bits per heavy atom. The summed E-state index contributed by atoms with van der Waals surface area (Å²) in [5.74, 6) is -0.0115. The van der Waals surface area contributed by atoms with Gasteiger partial charge in [-0.05, 0) is 38.0 Å². The number of anilines is 1. The van der Waals surface area contributed by atoms with Gasteiger partial charge in [0.05, 0.1) is 11.1 Å². The molecule has 19 heavy (non-hydrogen) atoms. The molecule has 0 saturated carbocycles. The van der Waals surface area contributed by atoms with Crippen LogP contribution in [0.25, 0.3) is 0 Å². The van der Waals surface area contributed by atoms with Crippen LogP contribution in [0.3, 0.4) is 0 Å². The first-order valence-electron chi connectivity index (χ1n) is 6.17. The van der Waals surface area contributed by atoms with Gasteiger partial charge in [0.25, 0.3) is 0 Å². The second kappa shape index (κ2) is 6.39. The maximum Gasteiger partial charge on any atom is 0.387 e. The summed E-state index contributed by atoms with van der Waals surface area (Å²) in [4.78, 5) is 0. The summed E-state index contributed by atoms with van der Waals surface area (Å²) >= 11 is 5.90. The molecule has 2 atom stereocenters. The van der Waals surface area contributed by atoms with E-state index in [9.17, 15) is 8.78 Å². The van der Waals surface area contributed by atoms with Crippen molar-refractivity contribution in [1.82, 2.24) is 0 Å². The molecule has 0 bridgehead atoms. The first-order valence-corrected chi connectivity index (χ1v) is 6.55. The molecular weight excluding hydrogens is 276 g/mol. The number of rotatable bonds is 4. The highest BCUT2D eigenvalue weighted by Gasteiger charge is 2.19. The quantitative estimate of drug-likeness (QED) is 0.912. The van der Waals surface area contributed by atoms with E-state index in [1.54, 1.807) is 12.1 Å². The van der Waals surface area contributed by atoms with Crippen molar-refractivity contribution in [3.05, 3.63) is 23.2 Å². The first kappa shape index (κ1) is 14.3. The smallest absolute Gasteiger partial charge is 0.387 e. The van der Waals surface area contributed by atoms with Gasteiger partial charge in [-0.1, -0.05) is 11.6 Å². The van der Waals surface area contributed by atoms with Crippen molar-refractivity contribution >= 4 is 17.3 Å². The number of nitrogens with one attached hydrogen (secondary N) is 1. The largest absolute Gasteiger partial charge is 0.433 e. The molecule has 6 heteroatoms. The number of hydrogen-bond donors (Lipinski definition) is 1. The van der Waals surface area contributed by atoms with Gasteiger partial charge in [-0.25, -0.2) is 0 Å². The van der Waals surface area contributed by atoms with Crippen molar-refractivity contribution in [3.8, 4) is 5.75 Å². The fourth-order valence-electron chi connectivity index (χ4n) is 2.15. The van der Waals surface area contributed by atoms with Gasteiger partial charge in [0.2, 0.25) is 0 Å². The van der Waals surface area contributed by atoms with Crippen molar-refractivity contribution in [3.63, 3.8) is 0 Å². The fourth-order valence-corrected chi connectivity index (χ4v) is 2.37. The Morgan fingerprint density at radius 1 is 1.47 bits per heavy atom. The molecule has 2 unspecified atom stereocenters. The van der Waals surface area contributed by atoms with E-state index >= 15 is 0 Å². The van der Waals surface area contributed by atoms with Crippen molar-refractivity contribution in [2.75, 3.05) is 11.9 Å². The number of alkyl halides is 2. The van der Waals surface area contributed by atoms with E-state index in [2.05, 4.69) is 10.1 Å². The average molecular weight is 292 g/mol. The van der Waals surface area contributed by atoms with Gasteiger partial charge in [0.15, 0.2) is 0 Å². The minimum Gasteiger partial charge on any atom is -0.433 e. The van der Waals surface area contributed by atoms with Crippen LogP contribution < -0.4 is 10.1 Å². The molecule has 1 aliphatic rings. The van der Waals surface area contributed by atoms with Crippen molar-refractivity contribution < 1.29 is 18.3 Å². The highest BCUT2D eigenvalue weighted by Crippen LogP contribution is 2.30. The monoisotopic (exact) mass is 291 g/mol. The van der Waals surface area contributed by atoms with Crippen molar-refractivity contribution in [1.29, 1.82) is 0 Å². The van der Waals surface area contributed by atoms with E-state index in [-0.39, 0.29) is 16.9 Å². The predicted molar refractivity (Wildman–Crippen MR) is 70.1 cm³/mol. The minimum absolute atomic E-state index is 0.0115. The molecule has 0 aromatic heterocycles. The summed E-state index contributed by atoms with van der Waals surface area (Å²) in [5, 5.41) is 3.50. The standard InChI is InChI=1S/C13H16ClF2NO2/c1-8-6-10(4-5-18-8)17-9-2-3-12(11(14)7-9)19-13(15)16/h2-3,7-8,10,13,17H,4-6H2,1H3. The third kappa shape index (κ3) is 4.21. The van der Waals surface area contributed by atoms with E-state index in [1.807, 2.05) is 6.92 Å². The minimum atomic E-state index is -2.87. The SMILES string of the molecule is CC1CC(Nc2ccc(OC(F)F)c(Cl)c2)CCO1. The van der Waals surface area contributed by atoms with Crippen LogP contribution in [0.15, 0.2) is 18.2 Å². The zero-order valence-electron chi connectivity index (χ0n) is 10.5. The normalized spacial score (nSPS) is 23.4. The van der Waals surface area contributed by atoms with Crippen molar-refractivity contribution in [2.24, 2.45) is 0 Å². The zero-order valence-corrected chi connectivity index (χ0v) is 11.3. The topological polar surface area (TPSA) is 30.5 Å². The molecule has 1 saturated heterocycles. The maximum absolute atomic E-state index is 12.1. The van der Waals surface area contributed by atoms with Crippen molar-refractivity contribution in [2.45, 2.75) is 38.5 Å². The van der Waals surface area contributed by atoms with Crippen LogP contribution in [0.5, 0.6) is 5.75 Å². The van der Waals surface area contributed by atoms with Crippen LogP contribution in [-0.2, 0) is 4.74 Å². The Balaban J connectivity index is 1.99. The van der Waals surface area contributed by atoms with Crippen LogP contribution in [0.4, 0.5) is 14.5 Å². The Morgan fingerprint density at radius 2 is 2.26 bits per heavy atom. The number of halogens is 3. The molecule has 1 heterocycles. The second-order valence-corrected chi connectivity index (χ2v) is 4.98. The van der Waals surface area contributed by atoms with E-state index in [0.717, 1.165) is 25.1 Å². The maximum atomic E-state index is 12.1. The number of ether oxygens (including phenoxy) is 2. The molecule has 3 nitrogen and oxygen atoms in total. The van der Waals surface area contributed by atoms with E-state index in [4.69, 9.17) is 16.3 Å². The summed E-state index contributed by atoms with van der Waals surface area (Å²) in [6, 6.07) is 5.03. The number of hydrogen-bond acceptors (Lipinski definition) is 3. The average Bonchev–Trinajstić information content (AvgIpc) is 2.32. The van der Waals surface area contributed by atoms with Crippen LogP contribution in [0.2, 0.25) is 5.02 Å². The lowest BCUT2D eigenvalue weighted by Gasteiger charge is -2.28. The highest BCUT2D eigenvalue weighted by molar-refractivity contribution is 6.32. The molecule has 0 amide bonds.